The number of ether oxygens (including phenoxy) is 3. The first-order valence-corrected chi connectivity index (χ1v) is 20.5. The highest BCUT2D eigenvalue weighted by Gasteiger charge is 2.76. The maximum absolute atomic E-state index is 14.1. The van der Waals surface area contributed by atoms with E-state index in [4.69, 9.17) is 27.5 Å². The lowest BCUT2D eigenvalue weighted by atomic mass is 9.90. The smallest absolute Gasteiger partial charge is 0.404 e. The van der Waals surface area contributed by atoms with Crippen molar-refractivity contribution in [1.29, 1.82) is 0 Å². The molecular weight excluding hydrogens is 627 g/mol. The molecule has 4 saturated heterocycles. The third-order valence-electron chi connectivity index (χ3n) is 9.90. The van der Waals surface area contributed by atoms with Crippen LogP contribution in [0.3, 0.4) is 0 Å². The van der Waals surface area contributed by atoms with Crippen molar-refractivity contribution in [3.8, 4) is 0 Å². The molecule has 12 heteroatoms. The van der Waals surface area contributed by atoms with Crippen molar-refractivity contribution in [1.82, 2.24) is 4.57 Å². The number of carbonyl (C=O) groups is 2. The van der Waals surface area contributed by atoms with Crippen LogP contribution >= 0.6 is 11.8 Å². The van der Waals surface area contributed by atoms with Crippen LogP contribution in [-0.2, 0) is 32.3 Å². The van der Waals surface area contributed by atoms with E-state index in [2.05, 4.69) is 83.1 Å². The van der Waals surface area contributed by atoms with Gasteiger partial charge < -0.3 is 32.1 Å². The normalized spacial score (nSPS) is 33.0. The van der Waals surface area contributed by atoms with E-state index in [1.54, 1.807) is 0 Å². The molecule has 1 aromatic carbocycles. The summed E-state index contributed by atoms with van der Waals surface area (Å²) in [6.07, 6.45) is -2.67. The third kappa shape index (κ3) is 5.25. The van der Waals surface area contributed by atoms with Gasteiger partial charge >= 0.3 is 29.1 Å². The number of esters is 1. The number of benzene rings is 1. The first kappa shape index (κ1) is 34.9. The minimum atomic E-state index is -3.23. The van der Waals surface area contributed by atoms with E-state index < -0.39 is 74.6 Å². The van der Waals surface area contributed by atoms with Crippen LogP contribution in [0.25, 0.3) is 0 Å². The lowest BCUT2D eigenvalue weighted by Gasteiger charge is -2.63. The average Bonchev–Trinajstić information content (AvgIpc) is 3.51. The molecule has 5 rings (SSSR count). The fraction of sp³-hybridized carbons (Fsp3) is 0.758. The fourth-order valence-electron chi connectivity index (χ4n) is 8.70. The van der Waals surface area contributed by atoms with Crippen molar-refractivity contribution < 1.29 is 37.1 Å². The van der Waals surface area contributed by atoms with Crippen LogP contribution in [0.15, 0.2) is 35.2 Å². The zero-order valence-electron chi connectivity index (χ0n) is 29.3. The average molecular weight is 680 g/mol. The number of rotatable bonds is 4. The number of carbonyl (C=O) groups excluding carboxylic acids is 2. The minimum absolute atomic E-state index is 0.152. The molecule has 0 saturated carbocycles. The van der Waals surface area contributed by atoms with Gasteiger partial charge in [-0.2, -0.15) is 0 Å². The van der Waals surface area contributed by atoms with Gasteiger partial charge in [0.25, 0.3) is 0 Å². The van der Waals surface area contributed by atoms with E-state index in [9.17, 15) is 9.59 Å². The Bertz CT molecular complexity index is 1270. The van der Waals surface area contributed by atoms with Crippen LogP contribution in [0.2, 0.25) is 20.2 Å². The van der Waals surface area contributed by atoms with E-state index in [0.717, 1.165) is 4.90 Å². The Morgan fingerprint density at radius 1 is 0.867 bits per heavy atom. The van der Waals surface area contributed by atoms with Crippen LogP contribution in [0.4, 0.5) is 4.79 Å². The van der Waals surface area contributed by atoms with Crippen molar-refractivity contribution in [2.45, 2.75) is 150 Å². The largest absolute Gasteiger partial charge is 0.466 e. The molecule has 4 aliphatic rings. The number of nitrogens with zero attached hydrogens (tertiary/aromatic N) is 1. The maximum Gasteiger partial charge on any atom is 0.404 e. The van der Waals surface area contributed by atoms with Crippen LogP contribution in [0.5, 0.6) is 0 Å². The van der Waals surface area contributed by atoms with Crippen LogP contribution < -0.4 is 0 Å². The molecule has 1 aromatic rings. The van der Waals surface area contributed by atoms with E-state index in [0.29, 0.717) is 6.61 Å². The molecule has 252 valence electrons. The minimum Gasteiger partial charge on any atom is -0.466 e. The highest BCUT2D eigenvalue weighted by Crippen LogP contribution is 2.62. The van der Waals surface area contributed by atoms with Gasteiger partial charge in [-0.05, 0) is 12.1 Å². The summed E-state index contributed by atoms with van der Waals surface area (Å²) in [6, 6.07) is 9.18. The number of amides is 1. The summed E-state index contributed by atoms with van der Waals surface area (Å²) >= 11 is 1.29. The molecule has 0 aromatic heterocycles. The number of hydrogen-bond acceptors (Lipinski definition) is 9. The Morgan fingerprint density at radius 2 is 1.44 bits per heavy atom. The second-order valence-corrected chi connectivity index (χ2v) is 28.1. The molecule has 4 fully saturated rings. The van der Waals surface area contributed by atoms with Crippen molar-refractivity contribution in [2.75, 3.05) is 13.7 Å². The molecule has 1 amide bonds. The number of hydrogen-bond donors (Lipinski definition) is 0. The third-order valence-corrected chi connectivity index (χ3v) is 22.2. The lowest BCUT2D eigenvalue weighted by Crippen LogP contribution is -2.80. The maximum atomic E-state index is 14.1. The van der Waals surface area contributed by atoms with Crippen LogP contribution in [0, 0.1) is 0 Å². The summed E-state index contributed by atoms with van der Waals surface area (Å²) in [5, 5.41) is -1.27. The molecule has 0 radical (unpaired) electrons. The second kappa shape index (κ2) is 11.1. The van der Waals surface area contributed by atoms with Gasteiger partial charge in [0.1, 0.15) is 18.3 Å². The van der Waals surface area contributed by atoms with Gasteiger partial charge in [0.05, 0.1) is 25.9 Å². The van der Waals surface area contributed by atoms with Crippen molar-refractivity contribution in [2.24, 2.45) is 0 Å². The predicted octanol–water partition coefficient (Wildman–Crippen LogP) is 7.53. The summed E-state index contributed by atoms with van der Waals surface area (Å²) < 4.78 is 42.2. The molecule has 0 aliphatic carbocycles. The van der Waals surface area contributed by atoms with Gasteiger partial charge in [0.2, 0.25) is 4.93 Å². The van der Waals surface area contributed by atoms with Gasteiger partial charge in [-0.15, -0.1) is 0 Å². The monoisotopic (exact) mass is 679 g/mol. The van der Waals surface area contributed by atoms with Crippen LogP contribution in [-0.4, -0.2) is 82.8 Å². The lowest BCUT2D eigenvalue weighted by molar-refractivity contribution is -0.206. The standard InChI is InChI=1S/C33H53NO8SSi2/c1-29(2,3)44(30(4,5)6)34-24-22(39-28(34)36)19-33(27(35)37-13,43-21-17-15-14-16-18-21)40-26(24)25(42-44)23-20-38-45(41-23,31(7,8)9)32(10,11)12/h14-18,22-26H,19-20H2,1-13H3/t22-,23+,24+,25+,26+,33-/m0/s1. The SMILES string of the molecule is COC(=O)[C@@]1(Sc2ccccc2)C[C@@H]2OC(=O)N3[C@H]2[C@@H](O1)[C@@H]([C@H]1CO[Si](C(C)(C)C)(C(C)(C)C)O1)O[Si]3(C(C)(C)C)C(C)(C)C. The van der Waals surface area contributed by atoms with E-state index in [1.165, 1.54) is 18.9 Å². The summed E-state index contributed by atoms with van der Waals surface area (Å²) in [5.41, 5.74) is 0. The molecule has 6 atom stereocenters. The molecule has 45 heavy (non-hydrogen) atoms. The van der Waals surface area contributed by atoms with Gasteiger partial charge in [0, 0.05) is 31.5 Å². The molecule has 4 heterocycles. The van der Waals surface area contributed by atoms with Crippen molar-refractivity contribution in [3.05, 3.63) is 30.3 Å². The summed E-state index contributed by atoms with van der Waals surface area (Å²) in [4.78, 5) is 27.2. The molecule has 0 N–H and O–H groups in total. The Balaban J connectivity index is 1.69. The summed E-state index contributed by atoms with van der Waals surface area (Å²) in [6.45, 7) is 26.4. The van der Waals surface area contributed by atoms with Gasteiger partial charge in [-0.25, -0.2) is 9.59 Å². The molecule has 9 nitrogen and oxygen atoms in total. The molecule has 4 aliphatic heterocycles. The topological polar surface area (TPSA) is 92.8 Å². The zero-order chi connectivity index (χ0) is 33.6. The quantitative estimate of drug-likeness (QED) is 0.237. The molecular formula is C33H53NO8SSi2. The van der Waals surface area contributed by atoms with Gasteiger partial charge in [-0.1, -0.05) is 113 Å². The highest BCUT2D eigenvalue weighted by atomic mass is 32.2. The Kier molecular flexibility index (Phi) is 8.58. The summed E-state index contributed by atoms with van der Waals surface area (Å²) in [5.74, 6) is -0.527. The molecule has 0 bridgehead atoms. The Hall–Kier alpha value is -1.42. The van der Waals surface area contributed by atoms with Gasteiger partial charge in [-0.3, -0.25) is 0 Å². The van der Waals surface area contributed by atoms with E-state index >= 15 is 0 Å². The van der Waals surface area contributed by atoms with Crippen molar-refractivity contribution >= 4 is 40.9 Å². The fourth-order valence-corrected chi connectivity index (χ4v) is 21.1. The highest BCUT2D eigenvalue weighted by molar-refractivity contribution is 8.01. The first-order valence-electron chi connectivity index (χ1n) is 16.1. The van der Waals surface area contributed by atoms with Crippen molar-refractivity contribution in [3.63, 3.8) is 0 Å². The second-order valence-electron chi connectivity index (χ2n) is 17.0. The first-order chi connectivity index (χ1) is 20.6. The predicted molar refractivity (Wildman–Crippen MR) is 178 cm³/mol. The Labute approximate surface area is 275 Å². The van der Waals surface area contributed by atoms with E-state index in [1.807, 2.05) is 34.9 Å². The summed E-state index contributed by atoms with van der Waals surface area (Å²) in [7, 11) is -4.73. The number of thioether (sulfide) groups is 1. The number of methoxy groups -OCH3 is 1. The zero-order valence-corrected chi connectivity index (χ0v) is 32.1. The molecule has 0 unspecified atom stereocenters. The van der Waals surface area contributed by atoms with Crippen LogP contribution in [0.1, 0.15) is 89.5 Å². The molecule has 0 spiro atoms. The van der Waals surface area contributed by atoms with E-state index in [-0.39, 0.29) is 16.5 Å². The Morgan fingerprint density at radius 3 is 1.93 bits per heavy atom. The van der Waals surface area contributed by atoms with Gasteiger partial charge in [0.15, 0.2) is 0 Å².